The normalized spacial score (nSPS) is 12.5. The van der Waals surface area contributed by atoms with Crippen LogP contribution in [0, 0.1) is 17.3 Å². The van der Waals surface area contributed by atoms with Crippen LogP contribution < -0.4 is 0 Å². The molecule has 0 aliphatic carbocycles. The summed E-state index contributed by atoms with van der Waals surface area (Å²) in [5.41, 5.74) is -0.0778. The molecule has 0 heterocycles. The number of hydrogen-bond donors (Lipinski definition) is 0. The molecule has 0 aliphatic heterocycles. The fourth-order valence-corrected chi connectivity index (χ4v) is 3.01. The molecule has 0 rings (SSSR count). The second-order valence-corrected chi connectivity index (χ2v) is 9.56. The van der Waals surface area contributed by atoms with Crippen LogP contribution in [0.1, 0.15) is 54.9 Å². The summed E-state index contributed by atoms with van der Waals surface area (Å²) in [5.74, 6) is -1.53. The van der Waals surface area contributed by atoms with E-state index in [2.05, 4.69) is 0 Å². The van der Waals surface area contributed by atoms with E-state index in [-0.39, 0.29) is 23.4 Å². The maximum Gasteiger partial charge on any atom is 0.336 e. The van der Waals surface area contributed by atoms with Gasteiger partial charge in [-0.2, -0.15) is 0 Å². The van der Waals surface area contributed by atoms with Gasteiger partial charge in [-0.3, -0.25) is 23.2 Å². The van der Waals surface area contributed by atoms with Gasteiger partial charge < -0.3 is 9.47 Å². The topological polar surface area (TPSA) is 88.1 Å². The van der Waals surface area contributed by atoms with Crippen LogP contribution >= 0.6 is 7.60 Å². The molecule has 0 atom stereocenters. The van der Waals surface area contributed by atoms with E-state index < -0.39 is 33.1 Å². The van der Waals surface area contributed by atoms with Gasteiger partial charge in [0.15, 0.2) is 0 Å². The van der Waals surface area contributed by atoms with Gasteiger partial charge in [0.2, 0.25) is 13.6 Å². The van der Waals surface area contributed by atoms with E-state index in [1.54, 1.807) is 27.7 Å². The first kappa shape index (κ1) is 23.1. The summed E-state index contributed by atoms with van der Waals surface area (Å²) in [6.45, 7) is 11.8. The molecule has 0 amide bonds. The van der Waals surface area contributed by atoms with Crippen LogP contribution in [0.3, 0.4) is 0 Å². The summed E-state index contributed by atoms with van der Waals surface area (Å²) in [4.78, 5) is 22.8. The molecule has 142 valence electrons. The van der Waals surface area contributed by atoms with E-state index in [4.69, 9.17) is 18.5 Å². The molecule has 0 unspecified atom stereocenters. The van der Waals surface area contributed by atoms with Gasteiger partial charge in [0.25, 0.3) is 0 Å². The quantitative estimate of drug-likeness (QED) is 0.328. The van der Waals surface area contributed by atoms with E-state index in [0.717, 1.165) is 0 Å². The largest absolute Gasteiger partial charge is 0.438 e. The Bertz CT molecular complexity index is 422. The summed E-state index contributed by atoms with van der Waals surface area (Å²) in [7, 11) is -3.54. The van der Waals surface area contributed by atoms with Crippen molar-refractivity contribution in [2.45, 2.75) is 54.9 Å². The number of carbonyl (C=O) groups excluding carboxylic acids is 2. The Morgan fingerprint density at radius 1 is 0.875 bits per heavy atom. The molecular weight excluding hydrogens is 335 g/mol. The molecule has 0 N–H and O–H groups in total. The molecule has 0 aromatic rings. The van der Waals surface area contributed by atoms with Gasteiger partial charge >= 0.3 is 19.5 Å². The van der Waals surface area contributed by atoms with Crippen LogP contribution in [-0.4, -0.2) is 31.7 Å². The van der Waals surface area contributed by atoms with Crippen molar-refractivity contribution in [1.82, 2.24) is 0 Å². The third-order valence-electron chi connectivity index (χ3n) is 2.98. The van der Waals surface area contributed by atoms with Gasteiger partial charge in [0.1, 0.15) is 0 Å². The second-order valence-electron chi connectivity index (χ2n) is 7.38. The third-order valence-corrected chi connectivity index (χ3v) is 4.75. The van der Waals surface area contributed by atoms with E-state index in [9.17, 15) is 14.2 Å². The van der Waals surface area contributed by atoms with Crippen molar-refractivity contribution in [3.05, 3.63) is 0 Å². The Labute approximate surface area is 144 Å². The maximum absolute atomic E-state index is 12.7. The molecular formula is C16H31O7P. The molecule has 0 bridgehead atoms. The highest BCUT2D eigenvalue weighted by molar-refractivity contribution is 7.53. The highest BCUT2D eigenvalue weighted by atomic mass is 31.2. The summed E-state index contributed by atoms with van der Waals surface area (Å²) < 4.78 is 32.9. The molecule has 0 saturated heterocycles. The zero-order chi connectivity index (χ0) is 19.0. The first-order valence-electron chi connectivity index (χ1n) is 8.08. The Balaban J connectivity index is 4.61. The van der Waals surface area contributed by atoms with Crippen LogP contribution in [-0.2, 0) is 32.7 Å². The van der Waals surface area contributed by atoms with Gasteiger partial charge in [-0.1, -0.05) is 48.5 Å². The smallest absolute Gasteiger partial charge is 0.336 e. The fourth-order valence-electron chi connectivity index (χ4n) is 1.30. The monoisotopic (exact) mass is 366 g/mol. The van der Waals surface area contributed by atoms with Crippen molar-refractivity contribution in [2.75, 3.05) is 19.7 Å². The van der Waals surface area contributed by atoms with Gasteiger partial charge in [0.05, 0.1) is 18.0 Å². The molecule has 0 radical (unpaired) electrons. The van der Waals surface area contributed by atoms with Crippen molar-refractivity contribution in [2.24, 2.45) is 17.3 Å². The van der Waals surface area contributed by atoms with E-state index in [0.29, 0.717) is 6.42 Å². The van der Waals surface area contributed by atoms with E-state index >= 15 is 0 Å². The van der Waals surface area contributed by atoms with Crippen molar-refractivity contribution in [3.8, 4) is 0 Å². The van der Waals surface area contributed by atoms with Crippen molar-refractivity contribution in [3.63, 3.8) is 0 Å². The lowest BCUT2D eigenvalue weighted by atomic mass is 9.94. The lowest BCUT2D eigenvalue weighted by Crippen LogP contribution is -2.17. The van der Waals surface area contributed by atoms with Crippen molar-refractivity contribution >= 4 is 19.5 Å². The predicted octanol–water partition coefficient (Wildman–Crippen LogP) is 3.96. The predicted molar refractivity (Wildman–Crippen MR) is 90.3 cm³/mol. The molecule has 24 heavy (non-hydrogen) atoms. The minimum atomic E-state index is -3.54. The minimum absolute atomic E-state index is 0.0778. The Hall–Kier alpha value is -0.910. The first-order valence-corrected chi connectivity index (χ1v) is 9.80. The standard InChI is InChI=1S/C16H31O7P/c1-12(2)14(17)20-10-22-24(19,9-8-16(5,6)7)23-11-21-15(18)13(3)4/h12-13H,8-11H2,1-7H3. The molecule has 0 saturated carbocycles. The van der Waals surface area contributed by atoms with Crippen LogP contribution in [0.4, 0.5) is 0 Å². The van der Waals surface area contributed by atoms with Gasteiger partial charge in [0, 0.05) is 0 Å². The highest BCUT2D eigenvalue weighted by Gasteiger charge is 2.29. The highest BCUT2D eigenvalue weighted by Crippen LogP contribution is 2.50. The Kier molecular flexibility index (Phi) is 9.78. The molecule has 0 aromatic heterocycles. The molecule has 7 nitrogen and oxygen atoms in total. The number of rotatable bonds is 10. The average molecular weight is 366 g/mol. The molecule has 0 spiro atoms. The van der Waals surface area contributed by atoms with E-state index in [1.165, 1.54) is 0 Å². The van der Waals surface area contributed by atoms with Crippen LogP contribution in [0.25, 0.3) is 0 Å². The van der Waals surface area contributed by atoms with Gasteiger partial charge in [-0.15, -0.1) is 0 Å². The molecule has 8 heteroatoms. The zero-order valence-corrected chi connectivity index (χ0v) is 16.7. The van der Waals surface area contributed by atoms with Crippen molar-refractivity contribution < 1.29 is 32.7 Å². The van der Waals surface area contributed by atoms with Crippen LogP contribution in [0.2, 0.25) is 0 Å². The molecule has 0 aromatic carbocycles. The number of hydrogen-bond acceptors (Lipinski definition) is 7. The molecule has 0 fully saturated rings. The fraction of sp³-hybridized carbons (Fsp3) is 0.875. The number of esters is 2. The first-order chi connectivity index (χ1) is 10.9. The number of carbonyl (C=O) groups is 2. The molecule has 0 aliphatic rings. The summed E-state index contributed by atoms with van der Waals surface area (Å²) in [5, 5.41) is 0. The zero-order valence-electron chi connectivity index (χ0n) is 15.8. The average Bonchev–Trinajstić information content (AvgIpc) is 2.44. The summed E-state index contributed by atoms with van der Waals surface area (Å²) in [6, 6.07) is 0. The SMILES string of the molecule is CC(C)C(=O)OCOP(=O)(CCC(C)(C)C)OCOC(=O)C(C)C. The van der Waals surface area contributed by atoms with Gasteiger partial charge in [-0.05, 0) is 11.8 Å². The summed E-state index contributed by atoms with van der Waals surface area (Å²) in [6.07, 6.45) is 0.704. The summed E-state index contributed by atoms with van der Waals surface area (Å²) >= 11 is 0. The number of ether oxygens (including phenoxy) is 2. The van der Waals surface area contributed by atoms with Gasteiger partial charge in [-0.25, -0.2) is 0 Å². The third kappa shape index (κ3) is 10.8. The van der Waals surface area contributed by atoms with E-state index in [1.807, 2.05) is 20.8 Å². The minimum Gasteiger partial charge on any atom is -0.438 e. The van der Waals surface area contributed by atoms with Crippen molar-refractivity contribution in [1.29, 1.82) is 0 Å². The maximum atomic E-state index is 12.7. The lowest BCUT2D eigenvalue weighted by molar-refractivity contribution is -0.156. The second kappa shape index (κ2) is 10.2. The Morgan fingerprint density at radius 2 is 1.25 bits per heavy atom. The van der Waals surface area contributed by atoms with Crippen LogP contribution in [0.15, 0.2) is 0 Å². The van der Waals surface area contributed by atoms with Crippen LogP contribution in [0.5, 0.6) is 0 Å². The Morgan fingerprint density at radius 3 is 1.54 bits per heavy atom. The lowest BCUT2D eigenvalue weighted by Gasteiger charge is -2.23.